The number of benzene rings is 1. The lowest BCUT2D eigenvalue weighted by atomic mass is 10.1. The average molecular weight is 307 g/mol. The summed E-state index contributed by atoms with van der Waals surface area (Å²) in [7, 11) is 0. The summed E-state index contributed by atoms with van der Waals surface area (Å²) in [6, 6.07) is 7.35. The zero-order valence-corrected chi connectivity index (χ0v) is 13.7. The van der Waals surface area contributed by atoms with Gasteiger partial charge in [0.2, 0.25) is 0 Å². The standard InChI is InChI=1S/C17H25NO4/c1-13(18-16(20)22-17(2,3)4)14-7-9-15(10-8-14)21-12-6-5-11-19/h7-11,13H,5-6,12H2,1-4H3,(H,18,20)/t13-/m1/s1. The normalized spacial score (nSPS) is 12.4. The molecule has 122 valence electrons. The third kappa shape index (κ3) is 7.11. The lowest BCUT2D eigenvalue weighted by molar-refractivity contribution is -0.108. The molecule has 5 nitrogen and oxygen atoms in total. The van der Waals surface area contributed by atoms with Crippen molar-refractivity contribution in [2.24, 2.45) is 0 Å². The zero-order valence-electron chi connectivity index (χ0n) is 13.7. The number of aldehydes is 1. The van der Waals surface area contributed by atoms with Gasteiger partial charge in [-0.3, -0.25) is 0 Å². The first-order valence-electron chi connectivity index (χ1n) is 7.48. The molecule has 1 rings (SSSR count). The van der Waals surface area contributed by atoms with Crippen LogP contribution in [0.1, 0.15) is 52.1 Å². The second-order valence-corrected chi connectivity index (χ2v) is 6.09. The van der Waals surface area contributed by atoms with Crippen LogP contribution in [0.4, 0.5) is 4.79 Å². The van der Waals surface area contributed by atoms with E-state index in [2.05, 4.69) is 5.32 Å². The fourth-order valence-electron chi connectivity index (χ4n) is 1.78. The largest absolute Gasteiger partial charge is 0.494 e. The van der Waals surface area contributed by atoms with Crippen molar-refractivity contribution in [2.75, 3.05) is 6.61 Å². The van der Waals surface area contributed by atoms with E-state index in [1.54, 1.807) is 0 Å². The summed E-state index contributed by atoms with van der Waals surface area (Å²) >= 11 is 0. The fourth-order valence-corrected chi connectivity index (χ4v) is 1.78. The van der Waals surface area contributed by atoms with Gasteiger partial charge in [0.1, 0.15) is 17.6 Å². The Balaban J connectivity index is 2.48. The Kier molecular flexibility index (Phi) is 6.89. The van der Waals surface area contributed by atoms with Crippen molar-refractivity contribution in [3.05, 3.63) is 29.8 Å². The molecule has 0 radical (unpaired) electrons. The van der Waals surface area contributed by atoms with Gasteiger partial charge in [0.05, 0.1) is 12.6 Å². The van der Waals surface area contributed by atoms with E-state index in [1.807, 2.05) is 52.0 Å². The van der Waals surface area contributed by atoms with Crippen molar-refractivity contribution in [3.8, 4) is 5.75 Å². The van der Waals surface area contributed by atoms with Gasteiger partial charge < -0.3 is 19.6 Å². The molecule has 0 saturated heterocycles. The number of alkyl carbamates (subject to hydrolysis) is 1. The van der Waals surface area contributed by atoms with Crippen LogP contribution in [-0.2, 0) is 9.53 Å². The molecule has 0 unspecified atom stereocenters. The summed E-state index contributed by atoms with van der Waals surface area (Å²) in [4.78, 5) is 21.9. The van der Waals surface area contributed by atoms with Crippen LogP contribution < -0.4 is 10.1 Å². The number of hydrogen-bond donors (Lipinski definition) is 1. The molecule has 1 atom stereocenters. The molecule has 0 heterocycles. The minimum absolute atomic E-state index is 0.154. The number of carbonyl (C=O) groups is 2. The molecule has 1 aromatic carbocycles. The third-order valence-electron chi connectivity index (χ3n) is 2.85. The molecule has 1 N–H and O–H groups in total. The van der Waals surface area contributed by atoms with E-state index in [9.17, 15) is 9.59 Å². The van der Waals surface area contributed by atoms with E-state index < -0.39 is 11.7 Å². The SMILES string of the molecule is C[C@@H](NC(=O)OC(C)(C)C)c1ccc(OCCCC=O)cc1. The summed E-state index contributed by atoms with van der Waals surface area (Å²) in [6.45, 7) is 7.89. The van der Waals surface area contributed by atoms with Crippen LogP contribution in [0.25, 0.3) is 0 Å². The first-order valence-corrected chi connectivity index (χ1v) is 7.48. The molecule has 0 spiro atoms. The molecule has 5 heteroatoms. The summed E-state index contributed by atoms with van der Waals surface area (Å²) in [5, 5.41) is 2.79. The quantitative estimate of drug-likeness (QED) is 0.617. The molecule has 1 aromatic rings. The highest BCUT2D eigenvalue weighted by Crippen LogP contribution is 2.18. The Morgan fingerprint density at radius 3 is 2.45 bits per heavy atom. The summed E-state index contributed by atoms with van der Waals surface area (Å²) in [5.74, 6) is 0.749. The summed E-state index contributed by atoms with van der Waals surface area (Å²) in [6.07, 6.45) is 1.67. The minimum Gasteiger partial charge on any atom is -0.494 e. The van der Waals surface area contributed by atoms with Gasteiger partial charge in [-0.05, 0) is 51.8 Å². The lowest BCUT2D eigenvalue weighted by Crippen LogP contribution is -2.34. The number of nitrogens with one attached hydrogen (secondary N) is 1. The molecular weight excluding hydrogens is 282 g/mol. The van der Waals surface area contributed by atoms with Gasteiger partial charge in [0, 0.05) is 6.42 Å². The van der Waals surface area contributed by atoms with E-state index in [0.29, 0.717) is 19.4 Å². The van der Waals surface area contributed by atoms with Crippen LogP contribution in [0, 0.1) is 0 Å². The zero-order chi connectivity index (χ0) is 16.6. The highest BCUT2D eigenvalue weighted by atomic mass is 16.6. The molecule has 0 saturated carbocycles. The van der Waals surface area contributed by atoms with Crippen LogP contribution >= 0.6 is 0 Å². The van der Waals surface area contributed by atoms with Gasteiger partial charge >= 0.3 is 6.09 Å². The van der Waals surface area contributed by atoms with Crippen LogP contribution in [0.5, 0.6) is 5.75 Å². The maximum absolute atomic E-state index is 11.7. The number of amides is 1. The molecular formula is C17H25NO4. The van der Waals surface area contributed by atoms with Crippen molar-refractivity contribution in [1.82, 2.24) is 5.32 Å². The maximum Gasteiger partial charge on any atom is 0.408 e. The van der Waals surface area contributed by atoms with Crippen molar-refractivity contribution in [3.63, 3.8) is 0 Å². The van der Waals surface area contributed by atoms with Crippen LogP contribution in [0.2, 0.25) is 0 Å². The first-order chi connectivity index (χ1) is 10.3. The monoisotopic (exact) mass is 307 g/mol. The van der Waals surface area contributed by atoms with Crippen molar-refractivity contribution in [1.29, 1.82) is 0 Å². The second-order valence-electron chi connectivity index (χ2n) is 6.09. The Bertz CT molecular complexity index is 476. The predicted molar refractivity (Wildman–Crippen MR) is 85.0 cm³/mol. The smallest absolute Gasteiger partial charge is 0.408 e. The van der Waals surface area contributed by atoms with Gasteiger partial charge in [0.25, 0.3) is 0 Å². The Labute approximate surface area is 132 Å². The Morgan fingerprint density at radius 2 is 1.91 bits per heavy atom. The second kappa shape index (κ2) is 8.41. The van der Waals surface area contributed by atoms with Gasteiger partial charge in [-0.15, -0.1) is 0 Å². The van der Waals surface area contributed by atoms with Gasteiger partial charge in [-0.2, -0.15) is 0 Å². The molecule has 0 fully saturated rings. The van der Waals surface area contributed by atoms with Crippen molar-refractivity contribution < 1.29 is 19.1 Å². The third-order valence-corrected chi connectivity index (χ3v) is 2.85. The van der Waals surface area contributed by atoms with Crippen LogP contribution in [0.3, 0.4) is 0 Å². The Morgan fingerprint density at radius 1 is 1.27 bits per heavy atom. The fraction of sp³-hybridized carbons (Fsp3) is 0.529. The van der Waals surface area contributed by atoms with Gasteiger partial charge in [0.15, 0.2) is 0 Å². The lowest BCUT2D eigenvalue weighted by Gasteiger charge is -2.22. The number of ether oxygens (including phenoxy) is 2. The maximum atomic E-state index is 11.7. The Hall–Kier alpha value is -2.04. The van der Waals surface area contributed by atoms with E-state index in [1.165, 1.54) is 0 Å². The highest BCUT2D eigenvalue weighted by Gasteiger charge is 2.18. The minimum atomic E-state index is -0.511. The van der Waals surface area contributed by atoms with Crippen molar-refractivity contribution in [2.45, 2.75) is 52.2 Å². The van der Waals surface area contributed by atoms with E-state index in [0.717, 1.165) is 17.6 Å². The molecule has 0 aliphatic rings. The number of carbonyl (C=O) groups excluding carboxylic acids is 2. The summed E-state index contributed by atoms with van der Waals surface area (Å²) in [5.41, 5.74) is 0.453. The molecule has 0 aliphatic carbocycles. The number of hydrogen-bond acceptors (Lipinski definition) is 4. The van der Waals surface area contributed by atoms with Gasteiger partial charge in [-0.1, -0.05) is 12.1 Å². The predicted octanol–water partition coefficient (Wildman–Crippen LogP) is 3.63. The first kappa shape index (κ1) is 18.0. The van der Waals surface area contributed by atoms with Crippen molar-refractivity contribution >= 4 is 12.4 Å². The molecule has 0 aromatic heterocycles. The summed E-state index contributed by atoms with van der Waals surface area (Å²) < 4.78 is 10.7. The molecule has 1 amide bonds. The molecule has 22 heavy (non-hydrogen) atoms. The van der Waals surface area contributed by atoms with Gasteiger partial charge in [-0.25, -0.2) is 4.79 Å². The van der Waals surface area contributed by atoms with Crippen LogP contribution in [0.15, 0.2) is 24.3 Å². The average Bonchev–Trinajstić information content (AvgIpc) is 2.42. The highest BCUT2D eigenvalue weighted by molar-refractivity contribution is 5.68. The van der Waals surface area contributed by atoms with E-state index in [4.69, 9.17) is 9.47 Å². The number of rotatable bonds is 7. The molecule has 0 bridgehead atoms. The topological polar surface area (TPSA) is 64.6 Å². The molecule has 0 aliphatic heterocycles. The number of unbranched alkanes of at least 4 members (excludes halogenated alkanes) is 1. The van der Waals surface area contributed by atoms with Crippen LogP contribution in [-0.4, -0.2) is 24.6 Å². The van der Waals surface area contributed by atoms with E-state index >= 15 is 0 Å². The van der Waals surface area contributed by atoms with E-state index in [-0.39, 0.29) is 6.04 Å².